The van der Waals surface area contributed by atoms with Crippen LogP contribution in [0.15, 0.2) is 0 Å². The summed E-state index contributed by atoms with van der Waals surface area (Å²) in [5.41, 5.74) is 0. The summed E-state index contributed by atoms with van der Waals surface area (Å²) in [4.78, 5) is 0. The molecule has 1 saturated carbocycles. The van der Waals surface area contributed by atoms with E-state index in [1.165, 1.54) is 6.42 Å². The molecule has 0 aromatic rings. The lowest BCUT2D eigenvalue weighted by atomic mass is 9.87. The quantitative estimate of drug-likeness (QED) is 0.714. The topological polar surface area (TPSA) is 60.2 Å². The molecule has 0 heterocycles. The largest absolute Gasteiger partial charge is 0.228 e. The van der Waals surface area contributed by atoms with Crippen LogP contribution < -0.4 is 5.14 Å². The third kappa shape index (κ3) is 2.45. The van der Waals surface area contributed by atoms with Crippen molar-refractivity contribution < 1.29 is 8.42 Å². The van der Waals surface area contributed by atoms with E-state index >= 15 is 0 Å². The Morgan fingerprint density at radius 1 is 1.42 bits per heavy atom. The molecule has 0 aliphatic heterocycles. The van der Waals surface area contributed by atoms with Gasteiger partial charge in [-0.3, -0.25) is 0 Å². The van der Waals surface area contributed by atoms with Crippen LogP contribution in [-0.2, 0) is 10.0 Å². The molecule has 0 aromatic heterocycles. The van der Waals surface area contributed by atoms with Crippen molar-refractivity contribution in [2.24, 2.45) is 11.1 Å². The van der Waals surface area contributed by atoms with E-state index in [2.05, 4.69) is 6.92 Å². The van der Waals surface area contributed by atoms with Crippen molar-refractivity contribution in [3.8, 4) is 0 Å². The summed E-state index contributed by atoms with van der Waals surface area (Å²) >= 11 is 0. The van der Waals surface area contributed by atoms with Gasteiger partial charge < -0.3 is 0 Å². The standard InChI is InChI=1S/C8H17NO2S/c1-2-7-4-3-5-8(6-7)12(9,10)11/h7-8H,2-6H2,1H3,(H2,9,10,11). The van der Waals surface area contributed by atoms with E-state index in [0.717, 1.165) is 25.7 Å². The molecule has 1 rings (SSSR count). The third-order valence-corrected chi connectivity index (χ3v) is 4.13. The number of primary sulfonamides is 1. The highest BCUT2D eigenvalue weighted by Gasteiger charge is 2.28. The first-order chi connectivity index (χ1) is 5.54. The molecule has 2 N–H and O–H groups in total. The molecule has 12 heavy (non-hydrogen) atoms. The summed E-state index contributed by atoms with van der Waals surface area (Å²) in [5.74, 6) is 0.571. The van der Waals surface area contributed by atoms with E-state index < -0.39 is 10.0 Å². The predicted molar refractivity (Wildman–Crippen MR) is 49.1 cm³/mol. The summed E-state index contributed by atoms with van der Waals surface area (Å²) in [6.07, 6.45) is 4.79. The number of hydrogen-bond acceptors (Lipinski definition) is 2. The van der Waals surface area contributed by atoms with Crippen molar-refractivity contribution in [2.45, 2.75) is 44.3 Å². The highest BCUT2D eigenvalue weighted by molar-refractivity contribution is 7.89. The van der Waals surface area contributed by atoms with Crippen LogP contribution in [0.1, 0.15) is 39.0 Å². The maximum Gasteiger partial charge on any atom is 0.211 e. The third-order valence-electron chi connectivity index (χ3n) is 2.78. The number of hydrogen-bond donors (Lipinski definition) is 1. The molecule has 0 saturated heterocycles. The zero-order valence-corrected chi connectivity index (χ0v) is 8.31. The van der Waals surface area contributed by atoms with Crippen molar-refractivity contribution in [3.05, 3.63) is 0 Å². The van der Waals surface area contributed by atoms with Crippen LogP contribution >= 0.6 is 0 Å². The predicted octanol–water partition coefficient (Wildman–Crippen LogP) is 1.24. The van der Waals surface area contributed by atoms with Crippen molar-refractivity contribution in [2.75, 3.05) is 0 Å². The Bertz CT molecular complexity index is 235. The molecule has 0 radical (unpaired) electrons. The van der Waals surface area contributed by atoms with Gasteiger partial charge in [-0.2, -0.15) is 0 Å². The number of rotatable bonds is 2. The summed E-state index contributed by atoms with van der Waals surface area (Å²) in [5, 5.41) is 4.83. The van der Waals surface area contributed by atoms with Gasteiger partial charge in [-0.1, -0.05) is 26.2 Å². The highest BCUT2D eigenvalue weighted by atomic mass is 32.2. The molecule has 0 bridgehead atoms. The molecule has 2 atom stereocenters. The molecular weight excluding hydrogens is 174 g/mol. The van der Waals surface area contributed by atoms with Crippen LogP contribution in [0.4, 0.5) is 0 Å². The normalized spacial score (nSPS) is 31.8. The van der Waals surface area contributed by atoms with E-state index in [4.69, 9.17) is 5.14 Å². The molecule has 72 valence electrons. The molecular formula is C8H17NO2S. The lowest BCUT2D eigenvalue weighted by molar-refractivity contribution is 0.348. The van der Waals surface area contributed by atoms with Crippen molar-refractivity contribution in [1.82, 2.24) is 0 Å². The van der Waals surface area contributed by atoms with Gasteiger partial charge in [0.1, 0.15) is 0 Å². The van der Waals surface area contributed by atoms with E-state index in [0.29, 0.717) is 5.92 Å². The highest BCUT2D eigenvalue weighted by Crippen LogP contribution is 2.29. The van der Waals surface area contributed by atoms with Gasteiger partial charge >= 0.3 is 0 Å². The molecule has 0 spiro atoms. The fourth-order valence-corrected chi connectivity index (χ4v) is 2.95. The fourth-order valence-electron chi connectivity index (χ4n) is 1.91. The zero-order chi connectivity index (χ0) is 9.19. The minimum Gasteiger partial charge on any atom is -0.228 e. The van der Waals surface area contributed by atoms with E-state index in [1.807, 2.05) is 0 Å². The van der Waals surface area contributed by atoms with Crippen LogP contribution in [0, 0.1) is 5.92 Å². The van der Waals surface area contributed by atoms with Crippen LogP contribution in [0.2, 0.25) is 0 Å². The maximum absolute atomic E-state index is 11.0. The Labute approximate surface area is 74.4 Å². The van der Waals surface area contributed by atoms with E-state index in [-0.39, 0.29) is 5.25 Å². The number of nitrogens with two attached hydrogens (primary N) is 1. The lowest BCUT2D eigenvalue weighted by Gasteiger charge is -2.26. The fraction of sp³-hybridized carbons (Fsp3) is 1.00. The van der Waals surface area contributed by atoms with Gasteiger partial charge in [0, 0.05) is 0 Å². The van der Waals surface area contributed by atoms with Crippen molar-refractivity contribution >= 4 is 10.0 Å². The second kappa shape index (κ2) is 3.75. The smallest absolute Gasteiger partial charge is 0.211 e. The molecule has 1 aliphatic carbocycles. The Kier molecular flexibility index (Phi) is 3.12. The molecule has 1 aliphatic rings. The second-order valence-corrected chi connectivity index (χ2v) is 5.50. The first kappa shape index (κ1) is 9.99. The molecule has 0 aromatic carbocycles. The Balaban J connectivity index is 2.58. The Morgan fingerprint density at radius 3 is 2.58 bits per heavy atom. The van der Waals surface area contributed by atoms with E-state index in [1.54, 1.807) is 0 Å². The van der Waals surface area contributed by atoms with Gasteiger partial charge in [0.25, 0.3) is 0 Å². The van der Waals surface area contributed by atoms with Crippen LogP contribution in [0.5, 0.6) is 0 Å². The molecule has 1 fully saturated rings. The summed E-state index contributed by atoms with van der Waals surface area (Å²) in [7, 11) is -3.27. The van der Waals surface area contributed by atoms with Gasteiger partial charge in [-0.15, -0.1) is 0 Å². The second-order valence-electron chi connectivity index (χ2n) is 3.65. The monoisotopic (exact) mass is 191 g/mol. The van der Waals surface area contributed by atoms with Crippen LogP contribution in [0.25, 0.3) is 0 Å². The first-order valence-electron chi connectivity index (χ1n) is 4.55. The molecule has 3 nitrogen and oxygen atoms in total. The van der Waals surface area contributed by atoms with Gasteiger partial charge in [-0.25, -0.2) is 13.6 Å². The van der Waals surface area contributed by atoms with Gasteiger partial charge in [0.2, 0.25) is 10.0 Å². The average molecular weight is 191 g/mol. The Hall–Kier alpha value is -0.0900. The summed E-state index contributed by atoms with van der Waals surface area (Å²) in [6.45, 7) is 2.11. The van der Waals surface area contributed by atoms with Gasteiger partial charge in [-0.05, 0) is 18.8 Å². The SMILES string of the molecule is CCC1CCCC(S(N)(=O)=O)C1. The van der Waals surface area contributed by atoms with E-state index in [9.17, 15) is 8.42 Å². The zero-order valence-electron chi connectivity index (χ0n) is 7.49. The van der Waals surface area contributed by atoms with Gasteiger partial charge in [0.15, 0.2) is 0 Å². The summed E-state index contributed by atoms with van der Waals surface area (Å²) in [6, 6.07) is 0. The van der Waals surface area contributed by atoms with Crippen molar-refractivity contribution in [1.29, 1.82) is 0 Å². The summed E-state index contributed by atoms with van der Waals surface area (Å²) < 4.78 is 22.1. The van der Waals surface area contributed by atoms with Crippen LogP contribution in [0.3, 0.4) is 0 Å². The molecule has 4 heteroatoms. The average Bonchev–Trinajstić information content (AvgIpc) is 2.03. The lowest BCUT2D eigenvalue weighted by Crippen LogP contribution is -2.33. The first-order valence-corrected chi connectivity index (χ1v) is 6.16. The number of sulfonamides is 1. The maximum atomic E-state index is 11.0. The van der Waals surface area contributed by atoms with Gasteiger partial charge in [0.05, 0.1) is 5.25 Å². The Morgan fingerprint density at radius 2 is 2.08 bits per heavy atom. The minimum atomic E-state index is -3.27. The molecule has 0 amide bonds. The minimum absolute atomic E-state index is 0.267. The van der Waals surface area contributed by atoms with Crippen molar-refractivity contribution in [3.63, 3.8) is 0 Å². The molecule has 2 unspecified atom stereocenters. The van der Waals surface area contributed by atoms with Crippen LogP contribution in [-0.4, -0.2) is 13.7 Å².